The van der Waals surface area contributed by atoms with Crippen LogP contribution >= 0.6 is 0 Å². The second kappa shape index (κ2) is 8.11. The molecule has 3 heterocycles. The molecule has 8 rings (SSSR count). The van der Waals surface area contributed by atoms with Crippen LogP contribution in [0.1, 0.15) is 49.8 Å². The standard InChI is InChI=1S/C27H30N4O4S/c32-25-4-1-20-10-21(2-3-24(20)35-25)36(33,34)31-6-5-22-23(14-31)29-16-30-26(22)28-15-27-11-17-7-18(12-27)9-19(8-17)13-27/h1-4,10,16-19H,5-9,11-15H2,(H,28,29,30). The van der Waals surface area contributed by atoms with Gasteiger partial charge in [0.2, 0.25) is 10.0 Å². The van der Waals surface area contributed by atoms with Gasteiger partial charge < -0.3 is 9.73 Å². The zero-order valence-electron chi connectivity index (χ0n) is 20.2. The third-order valence-electron chi connectivity index (χ3n) is 9.00. The Bertz CT molecular complexity index is 1480. The van der Waals surface area contributed by atoms with Crippen molar-refractivity contribution in [2.75, 3.05) is 18.4 Å². The van der Waals surface area contributed by atoms with Crippen LogP contribution in [0.3, 0.4) is 0 Å². The van der Waals surface area contributed by atoms with Gasteiger partial charge in [0.25, 0.3) is 0 Å². The highest BCUT2D eigenvalue weighted by Crippen LogP contribution is 2.60. The SMILES string of the molecule is O=c1ccc2cc(S(=O)(=O)N3CCc4c(ncnc4NCC45CC6CC(CC(C6)C4)C5)C3)ccc2o1. The molecule has 0 amide bonds. The summed E-state index contributed by atoms with van der Waals surface area (Å²) in [6, 6.07) is 7.47. The Kier molecular flexibility index (Phi) is 5.05. The van der Waals surface area contributed by atoms with E-state index in [9.17, 15) is 13.2 Å². The third kappa shape index (κ3) is 3.75. The average Bonchev–Trinajstić information content (AvgIpc) is 2.86. The molecule has 1 N–H and O–H groups in total. The highest BCUT2D eigenvalue weighted by molar-refractivity contribution is 7.89. The molecular formula is C27H30N4O4S. The van der Waals surface area contributed by atoms with Crippen molar-refractivity contribution in [3.8, 4) is 0 Å². The van der Waals surface area contributed by atoms with Crippen molar-refractivity contribution in [3.63, 3.8) is 0 Å². The lowest BCUT2D eigenvalue weighted by Crippen LogP contribution is -2.49. The first-order valence-corrected chi connectivity index (χ1v) is 14.4. The fourth-order valence-corrected chi connectivity index (χ4v) is 9.26. The second-order valence-electron chi connectivity index (χ2n) is 11.5. The Hall–Kier alpha value is -2.78. The van der Waals surface area contributed by atoms with Gasteiger partial charge in [-0.05, 0) is 92.4 Å². The number of benzene rings is 1. The molecule has 1 aliphatic heterocycles. The fraction of sp³-hybridized carbons (Fsp3) is 0.519. The van der Waals surface area contributed by atoms with Crippen molar-refractivity contribution < 1.29 is 12.8 Å². The fourth-order valence-electron chi connectivity index (χ4n) is 7.83. The van der Waals surface area contributed by atoms with Crippen molar-refractivity contribution in [1.29, 1.82) is 0 Å². The predicted octanol–water partition coefficient (Wildman–Crippen LogP) is 3.96. The second-order valence-corrected chi connectivity index (χ2v) is 13.4. The Morgan fingerprint density at radius 1 is 1.03 bits per heavy atom. The molecule has 1 aromatic carbocycles. The predicted molar refractivity (Wildman–Crippen MR) is 135 cm³/mol. The van der Waals surface area contributed by atoms with Gasteiger partial charge in [-0.2, -0.15) is 4.31 Å². The van der Waals surface area contributed by atoms with Crippen LogP contribution in [0.4, 0.5) is 5.82 Å². The quantitative estimate of drug-likeness (QED) is 0.522. The van der Waals surface area contributed by atoms with E-state index in [1.54, 1.807) is 18.5 Å². The van der Waals surface area contributed by atoms with Gasteiger partial charge in [-0.3, -0.25) is 0 Å². The average molecular weight is 507 g/mol. The van der Waals surface area contributed by atoms with Crippen LogP contribution in [-0.4, -0.2) is 35.8 Å². The van der Waals surface area contributed by atoms with Gasteiger partial charge in [0.1, 0.15) is 17.7 Å². The Morgan fingerprint density at radius 2 is 1.78 bits per heavy atom. The van der Waals surface area contributed by atoms with Gasteiger partial charge >= 0.3 is 5.63 Å². The number of hydrogen-bond donors (Lipinski definition) is 1. The van der Waals surface area contributed by atoms with Crippen LogP contribution in [0.15, 0.2) is 50.8 Å². The van der Waals surface area contributed by atoms with Gasteiger partial charge in [0.15, 0.2) is 0 Å². The maximum Gasteiger partial charge on any atom is 0.336 e. The molecule has 8 nitrogen and oxygen atoms in total. The van der Waals surface area contributed by atoms with Crippen LogP contribution in [0.2, 0.25) is 0 Å². The van der Waals surface area contributed by atoms with Crippen molar-refractivity contribution >= 4 is 26.8 Å². The Labute approximate surface area is 210 Å². The van der Waals surface area contributed by atoms with Crippen LogP contribution in [0.5, 0.6) is 0 Å². The van der Waals surface area contributed by atoms with E-state index < -0.39 is 15.6 Å². The zero-order chi connectivity index (χ0) is 24.5. The number of sulfonamides is 1. The molecular weight excluding hydrogens is 476 g/mol. The summed E-state index contributed by atoms with van der Waals surface area (Å²) in [7, 11) is -3.73. The summed E-state index contributed by atoms with van der Waals surface area (Å²) in [4.78, 5) is 20.7. The molecule has 4 saturated carbocycles. The molecule has 4 bridgehead atoms. The van der Waals surface area contributed by atoms with Crippen LogP contribution in [0.25, 0.3) is 11.0 Å². The highest BCUT2D eigenvalue weighted by Gasteiger charge is 2.50. The summed E-state index contributed by atoms with van der Waals surface area (Å²) >= 11 is 0. The summed E-state index contributed by atoms with van der Waals surface area (Å²) in [5, 5.41) is 4.26. The topological polar surface area (TPSA) is 105 Å². The van der Waals surface area contributed by atoms with E-state index in [4.69, 9.17) is 4.42 Å². The van der Waals surface area contributed by atoms with E-state index in [2.05, 4.69) is 15.3 Å². The number of aromatic nitrogens is 2. The lowest BCUT2D eigenvalue weighted by molar-refractivity contribution is -0.0444. The smallest absolute Gasteiger partial charge is 0.336 e. The molecule has 4 aliphatic carbocycles. The first-order chi connectivity index (χ1) is 17.4. The molecule has 3 aromatic rings. The van der Waals surface area contributed by atoms with E-state index >= 15 is 0 Å². The first kappa shape index (κ1) is 22.4. The minimum Gasteiger partial charge on any atom is -0.423 e. The molecule has 0 unspecified atom stereocenters. The molecule has 4 fully saturated rings. The number of anilines is 1. The van der Waals surface area contributed by atoms with Gasteiger partial charge in [-0.15, -0.1) is 0 Å². The summed E-state index contributed by atoms with van der Waals surface area (Å²) < 4.78 is 33.5. The van der Waals surface area contributed by atoms with Crippen LogP contribution in [-0.2, 0) is 23.0 Å². The van der Waals surface area contributed by atoms with Crippen LogP contribution < -0.4 is 10.9 Å². The summed E-state index contributed by atoms with van der Waals surface area (Å²) in [5.74, 6) is 3.58. The molecule has 0 radical (unpaired) electrons. The van der Waals surface area contributed by atoms with Crippen molar-refractivity contribution in [2.24, 2.45) is 23.2 Å². The lowest BCUT2D eigenvalue weighted by Gasteiger charge is -2.57. The van der Waals surface area contributed by atoms with Crippen molar-refractivity contribution in [2.45, 2.75) is 56.4 Å². The van der Waals surface area contributed by atoms with Crippen molar-refractivity contribution in [1.82, 2.24) is 14.3 Å². The molecule has 0 atom stereocenters. The molecule has 0 spiro atoms. The van der Waals surface area contributed by atoms with E-state index in [0.29, 0.717) is 29.3 Å². The first-order valence-electron chi connectivity index (χ1n) is 13.0. The number of nitrogens with zero attached hydrogens (tertiary/aromatic N) is 3. The largest absolute Gasteiger partial charge is 0.423 e. The van der Waals surface area contributed by atoms with Gasteiger partial charge in [-0.1, -0.05) is 0 Å². The van der Waals surface area contributed by atoms with E-state index in [1.807, 2.05) is 0 Å². The maximum absolute atomic E-state index is 13.5. The van der Waals surface area contributed by atoms with Gasteiger partial charge in [-0.25, -0.2) is 23.2 Å². The summed E-state index contributed by atoms with van der Waals surface area (Å²) in [6.07, 6.45) is 10.4. The normalized spacial score (nSPS) is 29.4. The molecule has 2 aromatic heterocycles. The van der Waals surface area contributed by atoms with E-state index in [1.165, 1.54) is 61.0 Å². The third-order valence-corrected chi connectivity index (χ3v) is 10.8. The van der Waals surface area contributed by atoms with E-state index in [-0.39, 0.29) is 11.4 Å². The van der Waals surface area contributed by atoms with Crippen LogP contribution in [0, 0.1) is 23.2 Å². The molecule has 9 heteroatoms. The number of nitrogens with one attached hydrogen (secondary N) is 1. The molecule has 188 valence electrons. The zero-order valence-corrected chi connectivity index (χ0v) is 21.0. The Balaban J connectivity index is 1.10. The Morgan fingerprint density at radius 3 is 2.53 bits per heavy atom. The molecule has 36 heavy (non-hydrogen) atoms. The van der Waals surface area contributed by atoms with Crippen molar-refractivity contribution in [3.05, 3.63) is 58.3 Å². The molecule has 0 saturated heterocycles. The monoisotopic (exact) mass is 506 g/mol. The van der Waals surface area contributed by atoms with Gasteiger partial charge in [0.05, 0.1) is 17.1 Å². The maximum atomic E-state index is 13.5. The summed E-state index contributed by atoms with van der Waals surface area (Å²) in [5.41, 5.74) is 2.10. The van der Waals surface area contributed by atoms with E-state index in [0.717, 1.165) is 41.4 Å². The highest BCUT2D eigenvalue weighted by atomic mass is 32.2. The number of rotatable bonds is 5. The molecule has 5 aliphatic rings. The minimum atomic E-state index is -3.73. The number of hydrogen-bond acceptors (Lipinski definition) is 7. The summed E-state index contributed by atoms with van der Waals surface area (Å²) in [6.45, 7) is 1.54. The minimum absolute atomic E-state index is 0.182. The van der Waals surface area contributed by atoms with Gasteiger partial charge in [0, 0.05) is 30.1 Å². The lowest BCUT2D eigenvalue weighted by atomic mass is 9.49. The number of fused-ring (bicyclic) bond motifs is 2.